The molecule has 18 heavy (non-hydrogen) atoms. The van der Waals surface area contributed by atoms with Crippen molar-refractivity contribution in [1.29, 1.82) is 0 Å². The molecule has 2 nitrogen and oxygen atoms in total. The smallest absolute Gasteiger partial charge is 0.0133 e. The van der Waals surface area contributed by atoms with E-state index in [1.54, 1.807) is 0 Å². The van der Waals surface area contributed by atoms with Gasteiger partial charge in [0.25, 0.3) is 0 Å². The van der Waals surface area contributed by atoms with E-state index in [-0.39, 0.29) is 0 Å². The van der Waals surface area contributed by atoms with Crippen molar-refractivity contribution < 1.29 is 0 Å². The summed E-state index contributed by atoms with van der Waals surface area (Å²) in [5, 5.41) is 5.29. The lowest BCUT2D eigenvalue weighted by atomic mass is 10.2. The molecule has 1 heterocycles. The molecule has 0 saturated carbocycles. The normalized spacial score (nSPS) is 16.8. The molecule has 0 spiro atoms. The van der Waals surface area contributed by atoms with Crippen LogP contribution in [0.3, 0.4) is 0 Å². The third kappa shape index (κ3) is 6.75. The molecule has 0 amide bonds. The maximum absolute atomic E-state index is 2.66. The fourth-order valence-electron chi connectivity index (χ4n) is 2.82. The predicted molar refractivity (Wildman–Crippen MR) is 80.7 cm³/mol. The van der Waals surface area contributed by atoms with Gasteiger partial charge in [0.05, 0.1) is 0 Å². The topological polar surface area (TPSA) is 6.48 Å². The van der Waals surface area contributed by atoms with Gasteiger partial charge in [-0.25, -0.2) is 10.0 Å². The van der Waals surface area contributed by atoms with Crippen LogP contribution in [-0.2, 0) is 0 Å². The standard InChI is InChI=1S/C16H34N2/c1-3-5-7-9-13-17(14-10-8-6-4-2)18-15-11-12-16-18/h3-16H2,1-2H3. The summed E-state index contributed by atoms with van der Waals surface area (Å²) < 4.78 is 0. The largest absolute Gasteiger partial charge is 0.242 e. The maximum Gasteiger partial charge on any atom is 0.0133 e. The van der Waals surface area contributed by atoms with Gasteiger partial charge in [-0.3, -0.25) is 0 Å². The highest BCUT2D eigenvalue weighted by molar-refractivity contribution is 4.66. The Balaban J connectivity index is 2.18. The van der Waals surface area contributed by atoms with Crippen molar-refractivity contribution in [1.82, 2.24) is 10.0 Å². The molecule has 0 radical (unpaired) electrons. The second kappa shape index (κ2) is 10.8. The van der Waals surface area contributed by atoms with E-state index < -0.39 is 0 Å². The molecule has 0 aromatic rings. The second-order valence-electron chi connectivity index (χ2n) is 5.74. The molecule has 1 fully saturated rings. The molecular weight excluding hydrogens is 220 g/mol. The fourth-order valence-corrected chi connectivity index (χ4v) is 2.82. The molecule has 0 atom stereocenters. The van der Waals surface area contributed by atoms with Gasteiger partial charge in [0.2, 0.25) is 0 Å². The Bertz CT molecular complexity index is 164. The lowest BCUT2D eigenvalue weighted by Crippen LogP contribution is -2.41. The van der Waals surface area contributed by atoms with Gasteiger partial charge in [0.15, 0.2) is 0 Å². The van der Waals surface area contributed by atoms with E-state index in [2.05, 4.69) is 23.9 Å². The third-order valence-electron chi connectivity index (χ3n) is 4.02. The van der Waals surface area contributed by atoms with Crippen LogP contribution in [0.5, 0.6) is 0 Å². The predicted octanol–water partition coefficient (Wildman–Crippen LogP) is 4.46. The zero-order valence-electron chi connectivity index (χ0n) is 12.8. The summed E-state index contributed by atoms with van der Waals surface area (Å²) in [5.41, 5.74) is 0. The molecule has 108 valence electrons. The number of nitrogens with zero attached hydrogens (tertiary/aromatic N) is 2. The average Bonchev–Trinajstić information content (AvgIpc) is 2.91. The lowest BCUT2D eigenvalue weighted by molar-refractivity contribution is -0.00624. The SMILES string of the molecule is CCCCCCN(CCCCCC)N1CCCC1. The summed E-state index contributed by atoms with van der Waals surface area (Å²) in [4.78, 5) is 0. The van der Waals surface area contributed by atoms with E-state index in [1.807, 2.05) is 0 Å². The van der Waals surface area contributed by atoms with Crippen LogP contribution in [0, 0.1) is 0 Å². The quantitative estimate of drug-likeness (QED) is 0.502. The monoisotopic (exact) mass is 254 g/mol. The van der Waals surface area contributed by atoms with Crippen LogP contribution in [-0.4, -0.2) is 36.2 Å². The van der Waals surface area contributed by atoms with E-state index >= 15 is 0 Å². The van der Waals surface area contributed by atoms with Gasteiger partial charge in [-0.1, -0.05) is 52.4 Å². The molecule has 0 aliphatic carbocycles. The Hall–Kier alpha value is -0.0800. The molecule has 1 rings (SSSR count). The molecule has 1 aliphatic rings. The van der Waals surface area contributed by atoms with Crippen molar-refractivity contribution in [2.75, 3.05) is 26.2 Å². The summed E-state index contributed by atoms with van der Waals surface area (Å²) in [6.07, 6.45) is 13.9. The van der Waals surface area contributed by atoms with Gasteiger partial charge in [-0.2, -0.15) is 0 Å². The summed E-state index contributed by atoms with van der Waals surface area (Å²) >= 11 is 0. The molecule has 0 N–H and O–H groups in total. The summed E-state index contributed by atoms with van der Waals surface area (Å²) in [6, 6.07) is 0. The highest BCUT2D eigenvalue weighted by Gasteiger charge is 2.18. The van der Waals surface area contributed by atoms with Crippen LogP contribution in [0.25, 0.3) is 0 Å². The van der Waals surface area contributed by atoms with Crippen molar-refractivity contribution in [3.05, 3.63) is 0 Å². The van der Waals surface area contributed by atoms with Gasteiger partial charge >= 0.3 is 0 Å². The molecular formula is C16H34N2. The van der Waals surface area contributed by atoms with Gasteiger partial charge in [-0.05, 0) is 25.7 Å². The van der Waals surface area contributed by atoms with Gasteiger partial charge < -0.3 is 0 Å². The van der Waals surface area contributed by atoms with Crippen molar-refractivity contribution in [2.24, 2.45) is 0 Å². The Kier molecular flexibility index (Phi) is 9.59. The zero-order valence-corrected chi connectivity index (χ0v) is 12.8. The van der Waals surface area contributed by atoms with Gasteiger partial charge in [-0.15, -0.1) is 0 Å². The molecule has 0 aromatic heterocycles. The molecule has 1 aliphatic heterocycles. The lowest BCUT2D eigenvalue weighted by Gasteiger charge is -2.31. The minimum Gasteiger partial charge on any atom is -0.242 e. The molecule has 1 saturated heterocycles. The second-order valence-corrected chi connectivity index (χ2v) is 5.74. The minimum atomic E-state index is 1.30. The molecule has 0 aromatic carbocycles. The highest BCUT2D eigenvalue weighted by atomic mass is 15.6. The van der Waals surface area contributed by atoms with E-state index in [0.717, 1.165) is 0 Å². The first kappa shape index (κ1) is 16.0. The number of rotatable bonds is 11. The number of hydrogen-bond acceptors (Lipinski definition) is 2. The number of hydrogen-bond donors (Lipinski definition) is 0. The molecule has 0 unspecified atom stereocenters. The van der Waals surface area contributed by atoms with Crippen molar-refractivity contribution >= 4 is 0 Å². The van der Waals surface area contributed by atoms with Crippen LogP contribution < -0.4 is 0 Å². The third-order valence-corrected chi connectivity index (χ3v) is 4.02. The fraction of sp³-hybridized carbons (Fsp3) is 1.00. The van der Waals surface area contributed by atoms with Crippen molar-refractivity contribution in [3.63, 3.8) is 0 Å². The first-order chi connectivity index (χ1) is 8.88. The highest BCUT2D eigenvalue weighted by Crippen LogP contribution is 2.14. The first-order valence-electron chi connectivity index (χ1n) is 8.38. The summed E-state index contributed by atoms with van der Waals surface area (Å²) in [6.45, 7) is 9.80. The van der Waals surface area contributed by atoms with E-state index in [1.165, 1.54) is 90.4 Å². The first-order valence-corrected chi connectivity index (χ1v) is 8.38. The molecule has 2 heteroatoms. The van der Waals surface area contributed by atoms with E-state index in [0.29, 0.717) is 0 Å². The molecule has 0 bridgehead atoms. The summed E-state index contributed by atoms with van der Waals surface area (Å²) in [5.74, 6) is 0. The number of unbranched alkanes of at least 4 members (excludes halogenated alkanes) is 6. The van der Waals surface area contributed by atoms with Crippen LogP contribution in [0.15, 0.2) is 0 Å². The summed E-state index contributed by atoms with van der Waals surface area (Å²) in [7, 11) is 0. The zero-order chi connectivity index (χ0) is 13.1. The Morgan fingerprint density at radius 1 is 0.722 bits per heavy atom. The van der Waals surface area contributed by atoms with Crippen LogP contribution in [0.4, 0.5) is 0 Å². The average molecular weight is 254 g/mol. The Morgan fingerprint density at radius 2 is 1.22 bits per heavy atom. The van der Waals surface area contributed by atoms with Gasteiger partial charge in [0, 0.05) is 26.2 Å². The van der Waals surface area contributed by atoms with Gasteiger partial charge in [0.1, 0.15) is 0 Å². The van der Waals surface area contributed by atoms with E-state index in [4.69, 9.17) is 0 Å². The maximum atomic E-state index is 2.66. The number of hydrazine groups is 1. The van der Waals surface area contributed by atoms with Crippen molar-refractivity contribution in [3.8, 4) is 0 Å². The Morgan fingerprint density at radius 3 is 1.67 bits per heavy atom. The van der Waals surface area contributed by atoms with Crippen LogP contribution in [0.1, 0.15) is 78.1 Å². The van der Waals surface area contributed by atoms with Crippen molar-refractivity contribution in [2.45, 2.75) is 78.1 Å². The van der Waals surface area contributed by atoms with Crippen LogP contribution >= 0.6 is 0 Å². The Labute approximate surface area is 115 Å². The minimum absolute atomic E-state index is 1.30. The van der Waals surface area contributed by atoms with Crippen LogP contribution in [0.2, 0.25) is 0 Å². The van der Waals surface area contributed by atoms with E-state index in [9.17, 15) is 0 Å².